The highest BCUT2D eigenvalue weighted by molar-refractivity contribution is 5.93. The van der Waals surface area contributed by atoms with E-state index < -0.39 is 0 Å². The Morgan fingerprint density at radius 2 is 1.77 bits per heavy atom. The van der Waals surface area contributed by atoms with Crippen molar-refractivity contribution in [2.75, 3.05) is 5.32 Å². The highest BCUT2D eigenvalue weighted by atomic mass is 19.1. The average Bonchev–Trinajstić information content (AvgIpc) is 2.68. The molecular weight excluding hydrogens is 333 g/mol. The van der Waals surface area contributed by atoms with Gasteiger partial charge in [0.05, 0.1) is 16.8 Å². The second-order valence-electron chi connectivity index (χ2n) is 5.39. The molecule has 0 radical (unpaired) electrons. The summed E-state index contributed by atoms with van der Waals surface area (Å²) in [5.41, 5.74) is 2.14. The zero-order valence-electron chi connectivity index (χ0n) is 13.6. The van der Waals surface area contributed by atoms with Crippen LogP contribution in [0.3, 0.4) is 0 Å². The van der Waals surface area contributed by atoms with Crippen LogP contribution in [-0.4, -0.2) is 15.9 Å². The van der Waals surface area contributed by atoms with E-state index in [1.54, 1.807) is 36.4 Å². The number of nitriles is 1. The summed E-state index contributed by atoms with van der Waals surface area (Å²) in [6.45, 7) is 0.272. The first-order chi connectivity index (χ1) is 12.7. The standard InChI is InChI=1S/C19H14FN5O/c20-16-7-5-13(6-8-16)10-22-18(26)15-11-23-19(24-12-15)25-17-4-2-1-3-14(17)9-21/h1-8,11-12H,10H2,(H,22,26)(H,23,24,25). The lowest BCUT2D eigenvalue weighted by atomic mass is 10.2. The summed E-state index contributed by atoms with van der Waals surface area (Å²) in [5.74, 6) is -0.379. The van der Waals surface area contributed by atoms with E-state index in [0.717, 1.165) is 5.56 Å². The predicted molar refractivity (Wildman–Crippen MR) is 94.0 cm³/mol. The van der Waals surface area contributed by atoms with Gasteiger partial charge in [0.15, 0.2) is 0 Å². The van der Waals surface area contributed by atoms with Gasteiger partial charge in [-0.15, -0.1) is 0 Å². The molecule has 26 heavy (non-hydrogen) atoms. The van der Waals surface area contributed by atoms with Crippen molar-refractivity contribution in [2.45, 2.75) is 6.54 Å². The third-order valence-corrected chi connectivity index (χ3v) is 3.57. The predicted octanol–water partition coefficient (Wildman–Crippen LogP) is 3.16. The van der Waals surface area contributed by atoms with Crippen LogP contribution in [0.2, 0.25) is 0 Å². The van der Waals surface area contributed by atoms with Gasteiger partial charge in [0.2, 0.25) is 5.95 Å². The van der Waals surface area contributed by atoms with Crippen LogP contribution >= 0.6 is 0 Å². The Labute approximate surface area is 149 Å². The zero-order chi connectivity index (χ0) is 18.4. The average molecular weight is 347 g/mol. The molecule has 2 N–H and O–H groups in total. The van der Waals surface area contributed by atoms with Crippen LogP contribution in [0.25, 0.3) is 0 Å². The molecule has 0 spiro atoms. The molecule has 0 bridgehead atoms. The SMILES string of the molecule is N#Cc1ccccc1Nc1ncc(C(=O)NCc2ccc(F)cc2)cn1. The molecule has 6 nitrogen and oxygen atoms in total. The first-order valence-corrected chi connectivity index (χ1v) is 7.76. The van der Waals surface area contributed by atoms with Gasteiger partial charge in [-0.1, -0.05) is 24.3 Å². The Kier molecular flexibility index (Phi) is 5.15. The fraction of sp³-hybridized carbons (Fsp3) is 0.0526. The van der Waals surface area contributed by atoms with E-state index in [-0.39, 0.29) is 24.2 Å². The molecule has 0 aliphatic rings. The zero-order valence-corrected chi connectivity index (χ0v) is 13.6. The third kappa shape index (κ3) is 4.19. The number of aromatic nitrogens is 2. The van der Waals surface area contributed by atoms with Crippen LogP contribution in [0.1, 0.15) is 21.5 Å². The van der Waals surface area contributed by atoms with Gasteiger partial charge < -0.3 is 10.6 Å². The number of rotatable bonds is 5. The summed E-state index contributed by atoms with van der Waals surface area (Å²) in [5, 5.41) is 14.7. The minimum Gasteiger partial charge on any atom is -0.348 e. The van der Waals surface area contributed by atoms with E-state index in [1.807, 2.05) is 0 Å². The number of para-hydroxylation sites is 1. The van der Waals surface area contributed by atoms with Crippen LogP contribution in [0, 0.1) is 17.1 Å². The first-order valence-electron chi connectivity index (χ1n) is 7.76. The van der Waals surface area contributed by atoms with Crippen LogP contribution in [0.4, 0.5) is 16.0 Å². The van der Waals surface area contributed by atoms with E-state index in [4.69, 9.17) is 5.26 Å². The second kappa shape index (κ2) is 7.85. The number of carbonyl (C=O) groups excluding carboxylic acids is 1. The Morgan fingerprint density at radius 1 is 1.08 bits per heavy atom. The highest BCUT2D eigenvalue weighted by Crippen LogP contribution is 2.17. The minimum atomic E-state index is -0.335. The smallest absolute Gasteiger partial charge is 0.254 e. The number of hydrogen-bond acceptors (Lipinski definition) is 5. The lowest BCUT2D eigenvalue weighted by Crippen LogP contribution is -2.23. The van der Waals surface area contributed by atoms with Gasteiger partial charge in [-0.25, -0.2) is 14.4 Å². The minimum absolute atomic E-state index is 0.272. The molecule has 2 aromatic carbocycles. The molecule has 0 aliphatic carbocycles. The summed E-state index contributed by atoms with van der Waals surface area (Å²) in [6.07, 6.45) is 2.79. The maximum absolute atomic E-state index is 12.9. The van der Waals surface area contributed by atoms with Gasteiger partial charge in [-0.2, -0.15) is 5.26 Å². The molecule has 128 valence electrons. The molecule has 0 unspecified atom stereocenters. The number of carbonyl (C=O) groups is 1. The number of anilines is 2. The third-order valence-electron chi connectivity index (χ3n) is 3.57. The second-order valence-corrected chi connectivity index (χ2v) is 5.39. The quantitative estimate of drug-likeness (QED) is 0.740. The summed E-state index contributed by atoms with van der Waals surface area (Å²) in [7, 11) is 0. The number of benzene rings is 2. The van der Waals surface area contributed by atoms with Gasteiger partial charge in [0, 0.05) is 18.9 Å². The maximum atomic E-state index is 12.9. The molecule has 0 saturated heterocycles. The van der Waals surface area contributed by atoms with Crippen LogP contribution in [0.5, 0.6) is 0 Å². The molecular formula is C19H14FN5O. The van der Waals surface area contributed by atoms with Gasteiger partial charge >= 0.3 is 0 Å². The normalized spacial score (nSPS) is 10.0. The number of hydrogen-bond donors (Lipinski definition) is 2. The van der Waals surface area contributed by atoms with Crippen molar-refractivity contribution in [1.29, 1.82) is 5.26 Å². The Bertz CT molecular complexity index is 949. The summed E-state index contributed by atoms with van der Waals surface area (Å²) >= 11 is 0. The number of nitrogens with one attached hydrogen (secondary N) is 2. The van der Waals surface area contributed by atoms with Crippen molar-refractivity contribution in [3.05, 3.63) is 83.4 Å². The molecule has 7 heteroatoms. The van der Waals surface area contributed by atoms with Crippen molar-refractivity contribution in [3.63, 3.8) is 0 Å². The number of amides is 1. The molecule has 0 saturated carbocycles. The molecule has 0 aliphatic heterocycles. The van der Waals surface area contributed by atoms with Gasteiger partial charge in [-0.05, 0) is 29.8 Å². The van der Waals surface area contributed by atoms with Crippen molar-refractivity contribution in [1.82, 2.24) is 15.3 Å². The van der Waals surface area contributed by atoms with E-state index in [0.29, 0.717) is 16.8 Å². The van der Waals surface area contributed by atoms with Crippen molar-refractivity contribution in [3.8, 4) is 6.07 Å². The molecule has 3 rings (SSSR count). The molecule has 0 fully saturated rings. The van der Waals surface area contributed by atoms with Crippen LogP contribution in [-0.2, 0) is 6.54 Å². The van der Waals surface area contributed by atoms with Crippen LogP contribution < -0.4 is 10.6 Å². The first kappa shape index (κ1) is 17.0. The largest absolute Gasteiger partial charge is 0.348 e. The van der Waals surface area contributed by atoms with Crippen molar-refractivity contribution >= 4 is 17.5 Å². The van der Waals surface area contributed by atoms with E-state index in [1.165, 1.54) is 24.5 Å². The summed E-state index contributed by atoms with van der Waals surface area (Å²) < 4.78 is 12.9. The van der Waals surface area contributed by atoms with E-state index in [2.05, 4.69) is 26.7 Å². The highest BCUT2D eigenvalue weighted by Gasteiger charge is 2.08. The fourth-order valence-corrected chi connectivity index (χ4v) is 2.21. The Balaban J connectivity index is 1.62. The van der Waals surface area contributed by atoms with Gasteiger partial charge in [0.25, 0.3) is 5.91 Å². The lowest BCUT2D eigenvalue weighted by molar-refractivity contribution is 0.0950. The Morgan fingerprint density at radius 3 is 2.46 bits per heavy atom. The molecule has 1 aromatic heterocycles. The molecule has 3 aromatic rings. The lowest BCUT2D eigenvalue weighted by Gasteiger charge is -2.08. The molecule has 0 atom stereocenters. The molecule has 1 amide bonds. The monoisotopic (exact) mass is 347 g/mol. The summed E-state index contributed by atoms with van der Waals surface area (Å²) in [4.78, 5) is 20.3. The van der Waals surface area contributed by atoms with Gasteiger partial charge in [-0.3, -0.25) is 4.79 Å². The number of halogens is 1. The van der Waals surface area contributed by atoms with Crippen molar-refractivity contribution in [2.24, 2.45) is 0 Å². The topological polar surface area (TPSA) is 90.7 Å². The summed E-state index contributed by atoms with van der Waals surface area (Å²) in [6, 6.07) is 14.9. The Hall–Kier alpha value is -3.79. The van der Waals surface area contributed by atoms with Gasteiger partial charge in [0.1, 0.15) is 11.9 Å². The van der Waals surface area contributed by atoms with Crippen molar-refractivity contribution < 1.29 is 9.18 Å². The maximum Gasteiger partial charge on any atom is 0.254 e. The van der Waals surface area contributed by atoms with Crippen LogP contribution in [0.15, 0.2) is 60.9 Å². The number of nitrogens with zero attached hydrogens (tertiary/aromatic N) is 3. The fourth-order valence-electron chi connectivity index (χ4n) is 2.21. The molecule has 1 heterocycles. The van der Waals surface area contributed by atoms with E-state index >= 15 is 0 Å². The van der Waals surface area contributed by atoms with E-state index in [9.17, 15) is 9.18 Å².